The molecule has 10 heteroatoms. The van der Waals surface area contributed by atoms with Crippen LogP contribution in [0.1, 0.15) is 6.42 Å². The van der Waals surface area contributed by atoms with Crippen LogP contribution in [0.15, 0.2) is 64.5 Å². The van der Waals surface area contributed by atoms with Crippen LogP contribution in [0.4, 0.5) is 5.69 Å². The zero-order valence-corrected chi connectivity index (χ0v) is 20.6. The first-order valence-corrected chi connectivity index (χ1v) is 11.4. The highest BCUT2D eigenvalue weighted by atomic mass is 127. The third-order valence-corrected chi connectivity index (χ3v) is 6.38. The number of nitrogens with one attached hydrogen (secondary N) is 3. The minimum atomic E-state index is -3.59. The predicted octanol–water partition coefficient (Wildman–Crippen LogP) is 2.68. The summed E-state index contributed by atoms with van der Waals surface area (Å²) in [5.41, 5.74) is 1.22. The Morgan fingerprint density at radius 3 is 2.63 bits per heavy atom. The van der Waals surface area contributed by atoms with E-state index in [4.69, 9.17) is 11.6 Å². The van der Waals surface area contributed by atoms with Gasteiger partial charge < -0.3 is 15.5 Å². The van der Waals surface area contributed by atoms with Crippen molar-refractivity contribution < 1.29 is 8.42 Å². The smallest absolute Gasteiger partial charge is 0.240 e. The van der Waals surface area contributed by atoms with E-state index in [0.29, 0.717) is 17.5 Å². The maximum absolute atomic E-state index is 12.3. The monoisotopic (exact) mass is 563 g/mol. The van der Waals surface area contributed by atoms with Gasteiger partial charge in [-0.1, -0.05) is 35.9 Å². The molecule has 1 heterocycles. The first-order valence-electron chi connectivity index (χ1n) is 9.50. The Balaban J connectivity index is 0.00000320. The average molecular weight is 564 g/mol. The molecule has 3 rings (SSSR count). The lowest BCUT2D eigenvalue weighted by Crippen LogP contribution is -2.46. The van der Waals surface area contributed by atoms with Crippen LogP contribution < -0.4 is 20.3 Å². The first kappa shape index (κ1) is 24.7. The molecule has 1 atom stereocenters. The summed E-state index contributed by atoms with van der Waals surface area (Å²) in [5, 5.41) is 6.94. The quantitative estimate of drug-likeness (QED) is 0.209. The van der Waals surface area contributed by atoms with Crippen LogP contribution >= 0.6 is 35.6 Å². The Morgan fingerprint density at radius 2 is 1.93 bits per heavy atom. The van der Waals surface area contributed by atoms with E-state index in [-0.39, 0.29) is 41.5 Å². The zero-order valence-electron chi connectivity index (χ0n) is 16.7. The second kappa shape index (κ2) is 11.7. The molecule has 3 N–H and O–H groups in total. The van der Waals surface area contributed by atoms with Gasteiger partial charge in [0, 0.05) is 50.0 Å². The minimum absolute atomic E-state index is 0. The van der Waals surface area contributed by atoms with Gasteiger partial charge in [0.15, 0.2) is 5.96 Å². The number of sulfonamides is 1. The number of halogens is 2. The van der Waals surface area contributed by atoms with Gasteiger partial charge in [-0.25, -0.2) is 13.1 Å². The number of anilines is 1. The van der Waals surface area contributed by atoms with Gasteiger partial charge in [0.05, 0.1) is 4.90 Å². The van der Waals surface area contributed by atoms with Crippen LogP contribution in [0, 0.1) is 0 Å². The van der Waals surface area contributed by atoms with Crippen LogP contribution in [0.25, 0.3) is 0 Å². The first-order chi connectivity index (χ1) is 14.0. The van der Waals surface area contributed by atoms with Crippen molar-refractivity contribution in [3.63, 3.8) is 0 Å². The topological polar surface area (TPSA) is 85.8 Å². The number of rotatable bonds is 7. The van der Waals surface area contributed by atoms with Crippen molar-refractivity contribution in [2.24, 2.45) is 4.99 Å². The number of benzene rings is 2. The molecule has 2 aromatic rings. The molecule has 164 valence electrons. The molecule has 1 aliphatic heterocycles. The van der Waals surface area contributed by atoms with Crippen molar-refractivity contribution in [1.29, 1.82) is 0 Å². The lowest BCUT2D eigenvalue weighted by Gasteiger charge is -2.20. The van der Waals surface area contributed by atoms with E-state index < -0.39 is 10.0 Å². The Labute approximate surface area is 200 Å². The maximum atomic E-state index is 12.3. The molecule has 0 aromatic heterocycles. The Kier molecular flexibility index (Phi) is 9.66. The number of nitrogens with zero attached hydrogens (tertiary/aromatic N) is 2. The van der Waals surface area contributed by atoms with Crippen molar-refractivity contribution in [2.75, 3.05) is 38.1 Å². The second-order valence-corrected chi connectivity index (χ2v) is 8.97. The van der Waals surface area contributed by atoms with Crippen molar-refractivity contribution in [2.45, 2.75) is 17.4 Å². The summed E-state index contributed by atoms with van der Waals surface area (Å²) < 4.78 is 27.2. The summed E-state index contributed by atoms with van der Waals surface area (Å²) in [6.07, 6.45) is 1.01. The summed E-state index contributed by atoms with van der Waals surface area (Å²) in [5.74, 6) is 0.659. The second-order valence-electron chi connectivity index (χ2n) is 6.77. The molecule has 0 saturated carbocycles. The summed E-state index contributed by atoms with van der Waals surface area (Å²) in [6, 6.07) is 16.8. The van der Waals surface area contributed by atoms with Crippen molar-refractivity contribution in [3.05, 3.63) is 59.6 Å². The Morgan fingerprint density at radius 1 is 1.17 bits per heavy atom. The van der Waals surface area contributed by atoms with Gasteiger partial charge >= 0.3 is 0 Å². The molecule has 0 bridgehead atoms. The van der Waals surface area contributed by atoms with Gasteiger partial charge in [-0.05, 0) is 36.8 Å². The third-order valence-electron chi connectivity index (χ3n) is 4.69. The molecule has 30 heavy (non-hydrogen) atoms. The average Bonchev–Trinajstić information content (AvgIpc) is 3.19. The highest BCUT2D eigenvalue weighted by Gasteiger charge is 2.23. The largest absolute Gasteiger partial charge is 0.369 e. The number of guanidine groups is 1. The molecule has 1 saturated heterocycles. The lowest BCUT2D eigenvalue weighted by atomic mass is 10.3. The van der Waals surface area contributed by atoms with Crippen molar-refractivity contribution in [3.8, 4) is 0 Å². The van der Waals surface area contributed by atoms with E-state index in [1.54, 1.807) is 19.2 Å². The summed E-state index contributed by atoms with van der Waals surface area (Å²) in [7, 11) is -1.89. The number of hydrogen-bond donors (Lipinski definition) is 3. The van der Waals surface area contributed by atoms with Gasteiger partial charge in [0.2, 0.25) is 10.0 Å². The van der Waals surface area contributed by atoms with Crippen LogP contribution in [-0.2, 0) is 10.0 Å². The van der Waals surface area contributed by atoms with Gasteiger partial charge in [-0.3, -0.25) is 4.99 Å². The fourth-order valence-corrected chi connectivity index (χ4v) is 4.56. The van der Waals surface area contributed by atoms with Gasteiger partial charge in [0.1, 0.15) is 0 Å². The normalized spacial score (nSPS) is 16.8. The van der Waals surface area contributed by atoms with Gasteiger partial charge in [-0.15, -0.1) is 24.0 Å². The fraction of sp³-hybridized carbons (Fsp3) is 0.350. The third kappa shape index (κ3) is 7.00. The molecule has 0 radical (unpaired) electrons. The van der Waals surface area contributed by atoms with Crippen LogP contribution in [0.2, 0.25) is 5.02 Å². The Bertz CT molecular complexity index is 943. The minimum Gasteiger partial charge on any atom is -0.369 e. The molecule has 0 aliphatic carbocycles. The molecule has 1 fully saturated rings. The van der Waals surface area contributed by atoms with Crippen molar-refractivity contribution in [1.82, 2.24) is 15.4 Å². The molecule has 0 spiro atoms. The summed E-state index contributed by atoms with van der Waals surface area (Å²) in [6.45, 7) is 2.52. The lowest BCUT2D eigenvalue weighted by molar-refractivity contribution is 0.579. The van der Waals surface area contributed by atoms with E-state index in [1.807, 2.05) is 18.2 Å². The van der Waals surface area contributed by atoms with E-state index in [2.05, 4.69) is 37.4 Å². The summed E-state index contributed by atoms with van der Waals surface area (Å²) >= 11 is 5.87. The van der Waals surface area contributed by atoms with Gasteiger partial charge in [0.25, 0.3) is 0 Å². The molecule has 1 aliphatic rings. The molecule has 7 nitrogen and oxygen atoms in total. The highest BCUT2D eigenvalue weighted by molar-refractivity contribution is 14.0. The molecule has 1 unspecified atom stereocenters. The van der Waals surface area contributed by atoms with E-state index in [9.17, 15) is 8.42 Å². The van der Waals surface area contributed by atoms with Crippen molar-refractivity contribution >= 4 is 57.2 Å². The molecular weight excluding hydrogens is 537 g/mol. The van der Waals surface area contributed by atoms with E-state index in [1.165, 1.54) is 17.8 Å². The standard InChI is InChI=1S/C20H26ClN5O2S.HI/c1-22-20(25-17-10-13-26(15-17)18-7-3-2-4-8-18)23-11-12-24-29(27,28)19-9-5-6-16(21)14-19;/h2-9,14,17,24H,10-13,15H2,1H3,(H2,22,23,25);1H. The van der Waals surface area contributed by atoms with E-state index >= 15 is 0 Å². The van der Waals surface area contributed by atoms with E-state index in [0.717, 1.165) is 19.5 Å². The molecule has 0 amide bonds. The zero-order chi connectivity index (χ0) is 20.7. The van der Waals surface area contributed by atoms with Crippen LogP contribution in [0.5, 0.6) is 0 Å². The van der Waals surface area contributed by atoms with Gasteiger partial charge in [-0.2, -0.15) is 0 Å². The maximum Gasteiger partial charge on any atom is 0.240 e. The summed E-state index contributed by atoms with van der Waals surface area (Å²) in [4.78, 5) is 6.72. The predicted molar refractivity (Wildman–Crippen MR) is 134 cm³/mol. The number of aliphatic imine (C=N–C) groups is 1. The highest BCUT2D eigenvalue weighted by Crippen LogP contribution is 2.19. The fourth-order valence-electron chi connectivity index (χ4n) is 3.22. The number of para-hydroxylation sites is 1. The van der Waals surface area contributed by atoms with Crippen LogP contribution in [0.3, 0.4) is 0 Å². The number of hydrogen-bond acceptors (Lipinski definition) is 4. The molecule has 2 aromatic carbocycles. The Hall–Kier alpha value is -1.56. The molecular formula is C20H27ClIN5O2S. The SMILES string of the molecule is CN=C(NCCNS(=O)(=O)c1cccc(Cl)c1)NC1CCN(c2ccccc2)C1.I. The van der Waals surface area contributed by atoms with Crippen LogP contribution in [-0.4, -0.2) is 53.6 Å².